The molecular weight excluding hydrogens is 468 g/mol. The van der Waals surface area contributed by atoms with Crippen molar-refractivity contribution in [2.45, 2.75) is 25.2 Å². The van der Waals surface area contributed by atoms with Gasteiger partial charge >= 0.3 is 0 Å². The highest BCUT2D eigenvalue weighted by Crippen LogP contribution is 2.31. The van der Waals surface area contributed by atoms with Crippen LogP contribution in [0.5, 0.6) is 11.5 Å². The molecule has 0 atom stereocenters. The van der Waals surface area contributed by atoms with Crippen molar-refractivity contribution in [3.05, 3.63) is 70.0 Å². The molecule has 1 aliphatic heterocycles. The summed E-state index contributed by atoms with van der Waals surface area (Å²) in [7, 11) is -0.869. The third kappa shape index (κ3) is 5.03. The molecule has 1 aromatic heterocycles. The summed E-state index contributed by atoms with van der Waals surface area (Å²) in [6.45, 7) is 5.69. The Morgan fingerprint density at radius 2 is 1.66 bits per heavy atom. The number of rotatable bonds is 6. The Bertz CT molecular complexity index is 1390. The second-order valence-electron chi connectivity index (χ2n) is 8.47. The van der Waals surface area contributed by atoms with E-state index in [9.17, 15) is 13.2 Å². The van der Waals surface area contributed by atoms with Gasteiger partial charge in [-0.2, -0.15) is 8.99 Å². The molecule has 0 radical (unpaired) electrons. The maximum Gasteiger partial charge on any atom is 0.271 e. The molecule has 2 aromatic carbocycles. The summed E-state index contributed by atoms with van der Waals surface area (Å²) in [6, 6.07) is 13.7. The number of hydrogen-bond acceptors (Lipinski definition) is 7. The SMILES string of the molecule is COc1ccc(OC)c(S(=O)(=O)N2CCCN(c3ccc(=O)n(-c4ccc(C)c(C)c4)n3)CC2)c1. The lowest BCUT2D eigenvalue weighted by molar-refractivity contribution is 0.385. The first kappa shape index (κ1) is 24.7. The topological polar surface area (TPSA) is 94.0 Å². The molecule has 1 saturated heterocycles. The molecule has 2 heterocycles. The molecule has 10 heteroatoms. The van der Waals surface area contributed by atoms with Crippen molar-refractivity contribution in [2.75, 3.05) is 45.3 Å². The van der Waals surface area contributed by atoms with Crippen LogP contribution in [0, 0.1) is 13.8 Å². The number of nitrogens with zero attached hydrogens (tertiary/aromatic N) is 4. The van der Waals surface area contributed by atoms with Crippen molar-refractivity contribution < 1.29 is 17.9 Å². The van der Waals surface area contributed by atoms with Crippen LogP contribution in [0.25, 0.3) is 5.69 Å². The molecule has 0 N–H and O–H groups in total. The van der Waals surface area contributed by atoms with E-state index in [1.165, 1.54) is 35.3 Å². The van der Waals surface area contributed by atoms with E-state index in [4.69, 9.17) is 9.47 Å². The van der Waals surface area contributed by atoms with E-state index >= 15 is 0 Å². The number of methoxy groups -OCH3 is 2. The van der Waals surface area contributed by atoms with Gasteiger partial charge in [-0.25, -0.2) is 8.42 Å². The number of sulfonamides is 1. The van der Waals surface area contributed by atoms with Crippen molar-refractivity contribution >= 4 is 15.8 Å². The van der Waals surface area contributed by atoms with E-state index in [0.29, 0.717) is 43.3 Å². The third-order valence-corrected chi connectivity index (χ3v) is 8.21. The van der Waals surface area contributed by atoms with Gasteiger partial charge in [0.25, 0.3) is 5.56 Å². The molecule has 0 saturated carbocycles. The first-order valence-corrected chi connectivity index (χ1v) is 12.8. The van der Waals surface area contributed by atoms with Gasteiger partial charge in [0.05, 0.1) is 19.9 Å². The standard InChI is InChI=1S/C25H30N4O5S/c1-18-6-7-20(16-19(18)2)29-25(30)11-10-24(26-29)27-12-5-13-28(15-14-27)35(31,32)23-17-21(33-3)8-9-22(23)34-4/h6-11,16-17H,5,12-15H2,1-4H3. The molecule has 1 aliphatic rings. The molecule has 0 unspecified atom stereocenters. The van der Waals surface area contributed by atoms with Crippen LogP contribution < -0.4 is 19.9 Å². The lowest BCUT2D eigenvalue weighted by Crippen LogP contribution is -2.36. The van der Waals surface area contributed by atoms with Crippen LogP contribution in [-0.4, -0.2) is 62.9 Å². The zero-order valence-corrected chi connectivity index (χ0v) is 21.2. The first-order valence-electron chi connectivity index (χ1n) is 11.4. The van der Waals surface area contributed by atoms with Crippen molar-refractivity contribution in [3.8, 4) is 17.2 Å². The number of hydrogen-bond donors (Lipinski definition) is 0. The minimum atomic E-state index is -3.81. The van der Waals surface area contributed by atoms with E-state index in [2.05, 4.69) is 5.10 Å². The van der Waals surface area contributed by atoms with Gasteiger partial charge in [0.2, 0.25) is 10.0 Å². The van der Waals surface area contributed by atoms with Gasteiger partial charge in [-0.3, -0.25) is 4.79 Å². The fourth-order valence-electron chi connectivity index (χ4n) is 4.10. The smallest absolute Gasteiger partial charge is 0.271 e. The Kier molecular flexibility index (Phi) is 7.13. The lowest BCUT2D eigenvalue weighted by Gasteiger charge is -2.23. The molecule has 9 nitrogen and oxygen atoms in total. The minimum absolute atomic E-state index is 0.0780. The summed E-state index contributed by atoms with van der Waals surface area (Å²) in [4.78, 5) is 14.6. The predicted molar refractivity (Wildman–Crippen MR) is 134 cm³/mol. The summed E-state index contributed by atoms with van der Waals surface area (Å²) in [6.07, 6.45) is 0.607. The van der Waals surface area contributed by atoms with E-state index in [-0.39, 0.29) is 22.7 Å². The maximum absolute atomic E-state index is 13.5. The van der Waals surface area contributed by atoms with Crippen molar-refractivity contribution in [1.82, 2.24) is 14.1 Å². The number of anilines is 1. The molecule has 0 bridgehead atoms. The summed E-state index contributed by atoms with van der Waals surface area (Å²) in [5.41, 5.74) is 2.69. The van der Waals surface area contributed by atoms with Crippen LogP contribution in [0.1, 0.15) is 17.5 Å². The first-order chi connectivity index (χ1) is 16.7. The number of ether oxygens (including phenoxy) is 2. The number of benzene rings is 2. The van der Waals surface area contributed by atoms with Gasteiger partial charge in [-0.1, -0.05) is 6.07 Å². The maximum atomic E-state index is 13.5. The second-order valence-corrected chi connectivity index (χ2v) is 10.4. The normalized spacial score (nSPS) is 15.0. The van der Waals surface area contributed by atoms with Crippen LogP contribution >= 0.6 is 0 Å². The minimum Gasteiger partial charge on any atom is -0.497 e. The molecule has 186 valence electrons. The average molecular weight is 499 g/mol. The Morgan fingerprint density at radius 1 is 0.857 bits per heavy atom. The third-order valence-electron chi connectivity index (χ3n) is 6.29. The predicted octanol–water partition coefficient (Wildman–Crippen LogP) is 2.77. The fourth-order valence-corrected chi connectivity index (χ4v) is 5.74. The van der Waals surface area contributed by atoms with E-state index < -0.39 is 10.0 Å². The van der Waals surface area contributed by atoms with Crippen molar-refractivity contribution in [1.29, 1.82) is 0 Å². The van der Waals surface area contributed by atoms with Gasteiger partial charge in [-0.05, 0) is 61.7 Å². The molecule has 0 amide bonds. The largest absolute Gasteiger partial charge is 0.497 e. The Morgan fingerprint density at radius 3 is 2.37 bits per heavy atom. The lowest BCUT2D eigenvalue weighted by atomic mass is 10.1. The molecule has 3 aromatic rings. The quantitative estimate of drug-likeness (QED) is 0.516. The summed E-state index contributed by atoms with van der Waals surface area (Å²) in [5, 5.41) is 4.60. The Labute approximate surface area is 205 Å². The zero-order chi connectivity index (χ0) is 25.2. The molecule has 1 fully saturated rings. The summed E-state index contributed by atoms with van der Waals surface area (Å²) < 4.78 is 40.4. The van der Waals surface area contributed by atoms with Crippen LogP contribution in [-0.2, 0) is 10.0 Å². The number of aromatic nitrogens is 2. The van der Waals surface area contributed by atoms with Crippen molar-refractivity contribution in [3.63, 3.8) is 0 Å². The van der Waals surface area contributed by atoms with Crippen LogP contribution in [0.2, 0.25) is 0 Å². The van der Waals surface area contributed by atoms with Crippen molar-refractivity contribution in [2.24, 2.45) is 0 Å². The molecule has 0 aliphatic carbocycles. The van der Waals surface area contributed by atoms with Crippen LogP contribution in [0.4, 0.5) is 5.82 Å². The van der Waals surface area contributed by atoms with Gasteiger partial charge < -0.3 is 14.4 Å². The molecule has 0 spiro atoms. The highest BCUT2D eigenvalue weighted by Gasteiger charge is 2.30. The fraction of sp³-hybridized carbons (Fsp3) is 0.360. The average Bonchev–Trinajstić information content (AvgIpc) is 3.13. The van der Waals surface area contributed by atoms with E-state index in [0.717, 1.165) is 11.1 Å². The zero-order valence-electron chi connectivity index (χ0n) is 20.4. The van der Waals surface area contributed by atoms with Gasteiger partial charge in [-0.15, -0.1) is 5.10 Å². The highest BCUT2D eigenvalue weighted by molar-refractivity contribution is 7.89. The Hall–Kier alpha value is -3.37. The van der Waals surface area contributed by atoms with Crippen LogP contribution in [0.15, 0.2) is 58.2 Å². The second kappa shape index (κ2) is 10.1. The molecular formula is C25H30N4O5S. The Balaban J connectivity index is 1.59. The summed E-state index contributed by atoms with van der Waals surface area (Å²) in [5.74, 6) is 1.34. The number of aryl methyl sites for hydroxylation is 2. The van der Waals surface area contributed by atoms with Gasteiger partial charge in [0, 0.05) is 38.3 Å². The monoisotopic (exact) mass is 498 g/mol. The van der Waals surface area contributed by atoms with E-state index in [1.807, 2.05) is 36.9 Å². The summed E-state index contributed by atoms with van der Waals surface area (Å²) >= 11 is 0. The van der Waals surface area contributed by atoms with Gasteiger partial charge in [0.15, 0.2) is 0 Å². The van der Waals surface area contributed by atoms with Crippen LogP contribution in [0.3, 0.4) is 0 Å². The van der Waals surface area contributed by atoms with E-state index in [1.54, 1.807) is 18.2 Å². The molecule has 35 heavy (non-hydrogen) atoms. The highest BCUT2D eigenvalue weighted by atomic mass is 32.2. The molecule has 4 rings (SSSR count). The van der Waals surface area contributed by atoms with Gasteiger partial charge in [0.1, 0.15) is 22.2 Å².